The summed E-state index contributed by atoms with van der Waals surface area (Å²) in [6.07, 6.45) is -1.11. The Labute approximate surface area is 85.9 Å². The lowest BCUT2D eigenvalue weighted by Crippen LogP contribution is -2.49. The topological polar surface area (TPSA) is 125 Å². The highest BCUT2D eigenvalue weighted by Gasteiger charge is 2.24. The van der Waals surface area contributed by atoms with Gasteiger partial charge in [-0.25, -0.2) is 4.79 Å². The molecule has 0 aliphatic carbocycles. The van der Waals surface area contributed by atoms with Crippen LogP contribution in [0.2, 0.25) is 0 Å². The first-order chi connectivity index (χ1) is 6.91. The molecule has 15 heavy (non-hydrogen) atoms. The number of hydrogen-bond donors (Lipinski definition) is 5. The molecule has 7 heteroatoms. The van der Waals surface area contributed by atoms with Crippen molar-refractivity contribution in [3.63, 3.8) is 0 Å². The summed E-state index contributed by atoms with van der Waals surface area (Å²) < 4.78 is 0. The normalized spacial score (nSPS) is 23.1. The van der Waals surface area contributed by atoms with Gasteiger partial charge in [-0.1, -0.05) is 0 Å². The Morgan fingerprint density at radius 2 is 2.27 bits per heavy atom. The third kappa shape index (κ3) is 2.67. The van der Waals surface area contributed by atoms with Crippen LogP contribution in [-0.2, 0) is 4.79 Å². The average molecular weight is 215 g/mol. The lowest BCUT2D eigenvalue weighted by Gasteiger charge is -2.25. The Balaban J connectivity index is 2.78. The minimum atomic E-state index is -1.16. The summed E-state index contributed by atoms with van der Waals surface area (Å²) in [5.41, 5.74) is 6.13. The van der Waals surface area contributed by atoms with E-state index in [0.29, 0.717) is 11.3 Å². The molecule has 7 nitrogen and oxygen atoms in total. The fraction of sp³-hybridized carbons (Fsp3) is 0.500. The molecule has 0 saturated heterocycles. The summed E-state index contributed by atoms with van der Waals surface area (Å²) in [6.45, 7) is 1.58. The summed E-state index contributed by atoms with van der Waals surface area (Å²) in [7, 11) is 0. The SMILES string of the molecule is CC1=C(CC(N)C(=O)O)NC(=O)NC1O. The molecule has 0 spiro atoms. The second-order valence-corrected chi connectivity index (χ2v) is 3.31. The van der Waals surface area contributed by atoms with Gasteiger partial charge >= 0.3 is 12.0 Å². The molecule has 0 aromatic rings. The Morgan fingerprint density at radius 3 is 2.80 bits per heavy atom. The third-order valence-corrected chi connectivity index (χ3v) is 2.16. The number of carbonyl (C=O) groups excluding carboxylic acids is 1. The zero-order chi connectivity index (χ0) is 11.6. The fourth-order valence-corrected chi connectivity index (χ4v) is 1.19. The van der Waals surface area contributed by atoms with Gasteiger partial charge in [-0.15, -0.1) is 0 Å². The molecule has 0 aromatic carbocycles. The van der Waals surface area contributed by atoms with Crippen LogP contribution in [0.3, 0.4) is 0 Å². The van der Waals surface area contributed by atoms with E-state index in [1.165, 1.54) is 0 Å². The van der Waals surface area contributed by atoms with Crippen LogP contribution in [0.1, 0.15) is 13.3 Å². The highest BCUT2D eigenvalue weighted by Crippen LogP contribution is 2.13. The van der Waals surface area contributed by atoms with Gasteiger partial charge in [-0.05, 0) is 12.5 Å². The summed E-state index contributed by atoms with van der Waals surface area (Å²) in [5, 5.41) is 22.6. The molecule has 1 heterocycles. The number of aliphatic carboxylic acids is 1. The van der Waals surface area contributed by atoms with Gasteiger partial charge in [0.2, 0.25) is 0 Å². The number of carboxylic acids is 1. The van der Waals surface area contributed by atoms with E-state index in [2.05, 4.69) is 10.6 Å². The summed E-state index contributed by atoms with van der Waals surface area (Å²) in [4.78, 5) is 21.5. The summed E-state index contributed by atoms with van der Waals surface area (Å²) in [6, 6.07) is -1.67. The number of rotatable bonds is 3. The van der Waals surface area contributed by atoms with Gasteiger partial charge in [-0.3, -0.25) is 4.79 Å². The first-order valence-electron chi connectivity index (χ1n) is 4.35. The van der Waals surface area contributed by atoms with Crippen LogP contribution in [0.5, 0.6) is 0 Å². The van der Waals surface area contributed by atoms with Gasteiger partial charge in [0.1, 0.15) is 6.04 Å². The molecule has 0 fully saturated rings. The monoisotopic (exact) mass is 215 g/mol. The minimum absolute atomic E-state index is 0.0222. The predicted molar refractivity (Wildman–Crippen MR) is 50.6 cm³/mol. The highest BCUT2D eigenvalue weighted by molar-refractivity contribution is 5.79. The van der Waals surface area contributed by atoms with Crippen LogP contribution in [0.4, 0.5) is 4.79 Å². The Hall–Kier alpha value is -1.60. The van der Waals surface area contributed by atoms with Crippen molar-refractivity contribution in [3.05, 3.63) is 11.3 Å². The Bertz CT molecular complexity index is 326. The molecule has 0 saturated carbocycles. The van der Waals surface area contributed by atoms with Gasteiger partial charge < -0.3 is 26.6 Å². The van der Waals surface area contributed by atoms with Gasteiger partial charge in [0.15, 0.2) is 6.23 Å². The fourth-order valence-electron chi connectivity index (χ4n) is 1.19. The van der Waals surface area contributed by atoms with Gasteiger partial charge in [0.05, 0.1) is 0 Å². The molecule has 2 atom stereocenters. The van der Waals surface area contributed by atoms with Crippen molar-refractivity contribution in [1.82, 2.24) is 10.6 Å². The third-order valence-electron chi connectivity index (χ3n) is 2.16. The maximum absolute atomic E-state index is 11.0. The number of aliphatic hydroxyl groups is 1. The van der Waals surface area contributed by atoms with Crippen molar-refractivity contribution < 1.29 is 19.8 Å². The molecule has 1 aliphatic heterocycles. The average Bonchev–Trinajstić information content (AvgIpc) is 2.13. The van der Waals surface area contributed by atoms with Crippen molar-refractivity contribution >= 4 is 12.0 Å². The van der Waals surface area contributed by atoms with E-state index in [4.69, 9.17) is 10.8 Å². The van der Waals surface area contributed by atoms with E-state index in [-0.39, 0.29) is 6.42 Å². The van der Waals surface area contributed by atoms with Crippen molar-refractivity contribution in [3.8, 4) is 0 Å². The second kappa shape index (κ2) is 4.28. The minimum Gasteiger partial charge on any atom is -0.480 e. The molecule has 6 N–H and O–H groups in total. The maximum atomic E-state index is 11.0. The number of hydrogen-bond acceptors (Lipinski definition) is 4. The molecule has 2 amide bonds. The van der Waals surface area contributed by atoms with E-state index in [0.717, 1.165) is 0 Å². The Morgan fingerprint density at radius 1 is 1.67 bits per heavy atom. The number of carboxylic acid groups (broad SMARTS) is 1. The van der Waals surface area contributed by atoms with Crippen LogP contribution in [0, 0.1) is 0 Å². The molecule has 84 valence electrons. The molecule has 0 bridgehead atoms. The highest BCUT2D eigenvalue weighted by atomic mass is 16.4. The molecule has 0 radical (unpaired) electrons. The number of carbonyl (C=O) groups is 2. The van der Waals surface area contributed by atoms with E-state index in [1.807, 2.05) is 0 Å². The smallest absolute Gasteiger partial charge is 0.321 e. The maximum Gasteiger partial charge on any atom is 0.321 e. The van der Waals surface area contributed by atoms with Crippen LogP contribution < -0.4 is 16.4 Å². The molecule has 1 aliphatic rings. The standard InChI is InChI=1S/C8H13N3O4/c1-3-5(2-4(9)7(13)14)10-8(15)11-6(3)12/h4,6,12H,2,9H2,1H3,(H,13,14)(H2,10,11,15). The summed E-state index contributed by atoms with van der Waals surface area (Å²) >= 11 is 0. The van der Waals surface area contributed by atoms with Crippen LogP contribution in [0.15, 0.2) is 11.3 Å². The molecule has 0 aromatic heterocycles. The van der Waals surface area contributed by atoms with Gasteiger partial charge in [-0.2, -0.15) is 0 Å². The number of nitrogens with two attached hydrogens (primary N) is 1. The number of urea groups is 1. The summed E-state index contributed by atoms with van der Waals surface area (Å²) in [5.74, 6) is -1.16. The molecule has 1 rings (SSSR count). The van der Waals surface area contributed by atoms with Crippen LogP contribution >= 0.6 is 0 Å². The first-order valence-corrected chi connectivity index (χ1v) is 4.35. The van der Waals surface area contributed by atoms with Gasteiger partial charge in [0, 0.05) is 12.1 Å². The number of nitrogens with one attached hydrogen (secondary N) is 2. The van der Waals surface area contributed by atoms with E-state index in [9.17, 15) is 14.7 Å². The number of amides is 2. The van der Waals surface area contributed by atoms with Crippen molar-refractivity contribution in [2.45, 2.75) is 25.6 Å². The zero-order valence-corrected chi connectivity index (χ0v) is 8.15. The first kappa shape index (κ1) is 11.5. The lowest BCUT2D eigenvalue weighted by molar-refractivity contribution is -0.138. The van der Waals surface area contributed by atoms with E-state index in [1.54, 1.807) is 6.92 Å². The van der Waals surface area contributed by atoms with Crippen molar-refractivity contribution in [2.24, 2.45) is 5.73 Å². The Kier molecular flexibility index (Phi) is 3.28. The van der Waals surface area contributed by atoms with E-state index < -0.39 is 24.3 Å². The quantitative estimate of drug-likeness (QED) is 0.400. The van der Waals surface area contributed by atoms with Crippen molar-refractivity contribution in [2.75, 3.05) is 0 Å². The van der Waals surface area contributed by atoms with Crippen LogP contribution in [-0.4, -0.2) is 34.5 Å². The largest absolute Gasteiger partial charge is 0.480 e. The molecular formula is C8H13N3O4. The predicted octanol–water partition coefficient (Wildman–Crippen LogP) is -1.31. The molecular weight excluding hydrogens is 202 g/mol. The van der Waals surface area contributed by atoms with Crippen molar-refractivity contribution in [1.29, 1.82) is 0 Å². The second-order valence-electron chi connectivity index (χ2n) is 3.31. The molecule has 2 unspecified atom stereocenters. The van der Waals surface area contributed by atoms with E-state index >= 15 is 0 Å². The van der Waals surface area contributed by atoms with Gasteiger partial charge in [0.25, 0.3) is 0 Å². The number of aliphatic hydroxyl groups excluding tert-OH is 1. The lowest BCUT2D eigenvalue weighted by atomic mass is 10.1. The van der Waals surface area contributed by atoms with Crippen LogP contribution in [0.25, 0.3) is 0 Å². The zero-order valence-electron chi connectivity index (χ0n) is 8.15.